The van der Waals surface area contributed by atoms with Gasteiger partial charge in [-0.3, -0.25) is 4.79 Å². The molecule has 0 aliphatic heterocycles. The molecule has 0 unspecified atom stereocenters. The van der Waals surface area contributed by atoms with E-state index in [4.69, 9.17) is 14.2 Å². The van der Waals surface area contributed by atoms with Crippen LogP contribution in [-0.2, 0) is 14.6 Å². The highest BCUT2D eigenvalue weighted by Crippen LogP contribution is 2.34. The molecule has 0 heterocycles. The third-order valence-electron chi connectivity index (χ3n) is 3.72. The largest absolute Gasteiger partial charge is 0.493 e. The highest BCUT2D eigenvalue weighted by Gasteiger charge is 2.20. The zero-order valence-electron chi connectivity index (χ0n) is 15.2. The molecule has 0 fully saturated rings. The van der Waals surface area contributed by atoms with Gasteiger partial charge in [0.2, 0.25) is 0 Å². The maximum absolute atomic E-state index is 12.5. The summed E-state index contributed by atoms with van der Waals surface area (Å²) in [6.07, 6.45) is 1.08. The van der Waals surface area contributed by atoms with Crippen LogP contribution >= 0.6 is 0 Å². The maximum atomic E-state index is 12.5. The van der Waals surface area contributed by atoms with Crippen LogP contribution in [0.2, 0.25) is 0 Å². The average Bonchev–Trinajstić information content (AvgIpc) is 2.66. The summed E-state index contributed by atoms with van der Waals surface area (Å²) in [5, 5.41) is 2.60. The van der Waals surface area contributed by atoms with Crippen LogP contribution in [-0.4, -0.2) is 47.9 Å². The summed E-state index contributed by atoms with van der Waals surface area (Å²) in [5.41, 5.74) is 0.459. The average molecular weight is 393 g/mol. The Labute approximate surface area is 157 Å². The van der Waals surface area contributed by atoms with Gasteiger partial charge in [-0.05, 0) is 24.3 Å². The Bertz CT molecular complexity index is 966. The smallest absolute Gasteiger partial charge is 0.340 e. The molecule has 144 valence electrons. The lowest BCUT2D eigenvalue weighted by atomic mass is 10.1. The number of anilines is 1. The minimum Gasteiger partial charge on any atom is -0.493 e. The molecule has 0 radical (unpaired) electrons. The molecule has 1 amide bonds. The van der Waals surface area contributed by atoms with Gasteiger partial charge in [-0.1, -0.05) is 0 Å². The van der Waals surface area contributed by atoms with Crippen molar-refractivity contribution in [3.8, 4) is 11.5 Å². The number of amides is 1. The number of benzene rings is 2. The van der Waals surface area contributed by atoms with E-state index in [1.54, 1.807) is 0 Å². The zero-order chi connectivity index (χ0) is 20.2. The van der Waals surface area contributed by atoms with Crippen molar-refractivity contribution >= 4 is 27.4 Å². The molecule has 9 heteroatoms. The third-order valence-corrected chi connectivity index (χ3v) is 4.85. The molecule has 2 aromatic rings. The number of hydrogen-bond acceptors (Lipinski definition) is 7. The molecule has 0 aliphatic carbocycles. The summed E-state index contributed by atoms with van der Waals surface area (Å²) < 4.78 is 38.1. The second-order valence-electron chi connectivity index (χ2n) is 5.50. The van der Waals surface area contributed by atoms with Gasteiger partial charge in [0, 0.05) is 24.0 Å². The van der Waals surface area contributed by atoms with E-state index in [1.807, 2.05) is 0 Å². The van der Waals surface area contributed by atoms with Crippen molar-refractivity contribution in [2.75, 3.05) is 32.9 Å². The second kappa shape index (κ2) is 8.09. The van der Waals surface area contributed by atoms with E-state index in [2.05, 4.69) is 5.32 Å². The van der Waals surface area contributed by atoms with Crippen molar-refractivity contribution in [3.63, 3.8) is 0 Å². The molecule has 0 saturated heterocycles. The van der Waals surface area contributed by atoms with Crippen LogP contribution in [0.15, 0.2) is 41.3 Å². The Morgan fingerprint density at radius 2 is 1.48 bits per heavy atom. The first kappa shape index (κ1) is 20.2. The van der Waals surface area contributed by atoms with Gasteiger partial charge in [0.25, 0.3) is 5.91 Å². The van der Waals surface area contributed by atoms with E-state index in [9.17, 15) is 18.0 Å². The van der Waals surface area contributed by atoms with Crippen molar-refractivity contribution in [1.82, 2.24) is 0 Å². The van der Waals surface area contributed by atoms with Gasteiger partial charge in [0.1, 0.15) is 0 Å². The molecule has 0 aromatic heterocycles. The van der Waals surface area contributed by atoms with Crippen LogP contribution in [0.1, 0.15) is 20.7 Å². The van der Waals surface area contributed by atoms with Crippen molar-refractivity contribution in [2.45, 2.75) is 4.90 Å². The van der Waals surface area contributed by atoms with Gasteiger partial charge in [-0.15, -0.1) is 0 Å². The Hall–Kier alpha value is -3.07. The maximum Gasteiger partial charge on any atom is 0.340 e. The monoisotopic (exact) mass is 393 g/mol. The number of sulfone groups is 1. The highest BCUT2D eigenvalue weighted by atomic mass is 32.2. The number of methoxy groups -OCH3 is 3. The fraction of sp³-hybridized carbons (Fsp3) is 0.222. The predicted octanol–water partition coefficient (Wildman–Crippen LogP) is 2.15. The molecule has 0 bridgehead atoms. The summed E-state index contributed by atoms with van der Waals surface area (Å²) in [7, 11) is 0.690. The zero-order valence-corrected chi connectivity index (χ0v) is 16.0. The number of hydrogen-bond donors (Lipinski definition) is 1. The number of carbonyl (C=O) groups is 2. The number of esters is 1. The summed E-state index contributed by atoms with van der Waals surface area (Å²) in [6, 6.07) is 8.26. The van der Waals surface area contributed by atoms with Gasteiger partial charge >= 0.3 is 5.97 Å². The Kier molecular flexibility index (Phi) is 6.06. The lowest BCUT2D eigenvalue weighted by Crippen LogP contribution is -2.16. The van der Waals surface area contributed by atoms with Crippen molar-refractivity contribution in [2.24, 2.45) is 0 Å². The van der Waals surface area contributed by atoms with Gasteiger partial charge in [0.05, 0.1) is 37.5 Å². The standard InChI is InChI=1S/C18H19NO7S/c1-24-15-9-13(18(21)26-3)14(10-16(15)25-2)19-17(20)11-5-7-12(8-6-11)27(4,22)23/h5-10H,1-4H3,(H,19,20). The lowest BCUT2D eigenvalue weighted by Gasteiger charge is -2.14. The topological polar surface area (TPSA) is 108 Å². The molecule has 0 aliphatic rings. The van der Waals surface area contributed by atoms with E-state index in [0.717, 1.165) is 6.26 Å². The molecule has 1 N–H and O–H groups in total. The van der Waals surface area contributed by atoms with E-state index >= 15 is 0 Å². The number of carbonyl (C=O) groups excluding carboxylic acids is 2. The predicted molar refractivity (Wildman–Crippen MR) is 98.4 cm³/mol. The molecule has 8 nitrogen and oxygen atoms in total. The fourth-order valence-corrected chi connectivity index (χ4v) is 2.94. The minimum absolute atomic E-state index is 0.0799. The quantitative estimate of drug-likeness (QED) is 0.749. The SMILES string of the molecule is COC(=O)c1cc(OC)c(OC)cc1NC(=O)c1ccc(S(C)(=O)=O)cc1. The molecule has 0 spiro atoms. The summed E-state index contributed by atoms with van der Waals surface area (Å²) >= 11 is 0. The van der Waals surface area contributed by atoms with E-state index in [1.165, 1.54) is 57.7 Å². The van der Waals surface area contributed by atoms with Crippen LogP contribution in [0.5, 0.6) is 11.5 Å². The van der Waals surface area contributed by atoms with Crippen molar-refractivity contribution in [3.05, 3.63) is 47.5 Å². The minimum atomic E-state index is -3.37. The fourth-order valence-electron chi connectivity index (χ4n) is 2.31. The lowest BCUT2D eigenvalue weighted by molar-refractivity contribution is 0.0601. The first-order valence-corrected chi connectivity index (χ1v) is 9.56. The van der Waals surface area contributed by atoms with Crippen molar-refractivity contribution < 1.29 is 32.2 Å². The number of ether oxygens (including phenoxy) is 3. The Morgan fingerprint density at radius 3 is 1.96 bits per heavy atom. The van der Waals surface area contributed by atoms with E-state index in [0.29, 0.717) is 11.5 Å². The summed E-state index contributed by atoms with van der Waals surface area (Å²) in [5.74, 6) is -0.590. The molecule has 0 atom stereocenters. The van der Waals surface area contributed by atoms with Crippen molar-refractivity contribution in [1.29, 1.82) is 0 Å². The first-order valence-electron chi connectivity index (χ1n) is 7.67. The highest BCUT2D eigenvalue weighted by molar-refractivity contribution is 7.90. The van der Waals surface area contributed by atoms with E-state index < -0.39 is 21.7 Å². The van der Waals surface area contributed by atoms with Gasteiger partial charge in [0.15, 0.2) is 21.3 Å². The van der Waals surface area contributed by atoms with Crippen LogP contribution in [0.3, 0.4) is 0 Å². The number of rotatable bonds is 6. The van der Waals surface area contributed by atoms with Gasteiger partial charge in [-0.25, -0.2) is 13.2 Å². The van der Waals surface area contributed by atoms with E-state index in [-0.39, 0.29) is 21.7 Å². The Morgan fingerprint density at radius 1 is 0.926 bits per heavy atom. The first-order chi connectivity index (χ1) is 12.7. The summed E-state index contributed by atoms with van der Waals surface area (Å²) in [4.78, 5) is 24.6. The molecule has 27 heavy (non-hydrogen) atoms. The third kappa shape index (κ3) is 4.56. The second-order valence-corrected chi connectivity index (χ2v) is 7.51. The van der Waals surface area contributed by atoms with Crippen LogP contribution < -0.4 is 14.8 Å². The van der Waals surface area contributed by atoms with Gasteiger partial charge in [-0.2, -0.15) is 0 Å². The summed E-state index contributed by atoms with van der Waals surface area (Å²) in [6.45, 7) is 0. The normalized spacial score (nSPS) is 10.8. The van der Waals surface area contributed by atoms with Crippen LogP contribution in [0.25, 0.3) is 0 Å². The number of nitrogens with one attached hydrogen (secondary N) is 1. The molecular weight excluding hydrogens is 374 g/mol. The molecule has 2 rings (SSSR count). The van der Waals surface area contributed by atoms with Crippen LogP contribution in [0, 0.1) is 0 Å². The Balaban J connectivity index is 2.40. The molecule has 0 saturated carbocycles. The van der Waals surface area contributed by atoms with Crippen LogP contribution in [0.4, 0.5) is 5.69 Å². The molecular formula is C18H19NO7S. The molecule has 2 aromatic carbocycles. The van der Waals surface area contributed by atoms with Gasteiger partial charge < -0.3 is 19.5 Å².